The second-order valence-electron chi connectivity index (χ2n) is 4.80. The van der Waals surface area contributed by atoms with E-state index in [1.807, 2.05) is 6.07 Å². The van der Waals surface area contributed by atoms with Crippen LogP contribution in [-0.2, 0) is 6.18 Å². The molecule has 1 N–H and O–H groups in total. The van der Waals surface area contributed by atoms with Gasteiger partial charge in [0.05, 0.1) is 11.3 Å². The lowest BCUT2D eigenvalue weighted by molar-refractivity contribution is -0.137. The molecule has 3 aromatic rings. The van der Waals surface area contributed by atoms with Crippen molar-refractivity contribution in [3.8, 4) is 28.6 Å². The van der Waals surface area contributed by atoms with E-state index in [0.29, 0.717) is 11.1 Å². The predicted molar refractivity (Wildman–Crippen MR) is 79.8 cm³/mol. The van der Waals surface area contributed by atoms with Crippen LogP contribution >= 0.6 is 11.6 Å². The Kier molecular flexibility index (Phi) is 3.95. The van der Waals surface area contributed by atoms with Gasteiger partial charge in [-0.25, -0.2) is 5.10 Å². The van der Waals surface area contributed by atoms with Gasteiger partial charge < -0.3 is 0 Å². The lowest BCUT2D eigenvalue weighted by Crippen LogP contribution is -2.05. The number of H-pyrrole nitrogens is 1. The van der Waals surface area contributed by atoms with Crippen molar-refractivity contribution < 1.29 is 13.2 Å². The van der Waals surface area contributed by atoms with E-state index < -0.39 is 11.7 Å². The van der Waals surface area contributed by atoms with Crippen LogP contribution in [0.1, 0.15) is 11.3 Å². The number of hydrogen-bond donors (Lipinski definition) is 1. The molecule has 0 aliphatic carbocycles. The van der Waals surface area contributed by atoms with Crippen LogP contribution in [0.15, 0.2) is 36.5 Å². The molecule has 2 aromatic heterocycles. The molecule has 1 aromatic carbocycles. The highest BCUT2D eigenvalue weighted by Crippen LogP contribution is 2.33. The van der Waals surface area contributed by atoms with Gasteiger partial charge in [0.15, 0.2) is 5.69 Å². The molecule has 0 atom stereocenters. The van der Waals surface area contributed by atoms with Gasteiger partial charge in [0, 0.05) is 22.3 Å². The first-order chi connectivity index (χ1) is 11.4. The molecule has 0 spiro atoms. The van der Waals surface area contributed by atoms with Crippen LogP contribution < -0.4 is 0 Å². The number of hydrogen-bond acceptors (Lipinski definition) is 4. The molecular weight excluding hydrogens is 343 g/mol. The highest BCUT2D eigenvalue weighted by Gasteiger charge is 2.30. The smallest absolute Gasteiger partial charge is 0.256 e. The molecule has 0 aliphatic heterocycles. The maximum absolute atomic E-state index is 12.9. The van der Waals surface area contributed by atoms with Gasteiger partial charge in [-0.05, 0) is 30.3 Å². The molecule has 0 saturated carbocycles. The standard InChI is InChI=1S/C15H7ClF3N5/c16-11-4-8(12-6-10(1-2-21-12)15(17,18)19)3-9(5-11)14-13(7-20)22-24-23-14/h1-6H,(H,22,23,24). The molecule has 120 valence electrons. The molecule has 0 fully saturated rings. The maximum atomic E-state index is 12.9. The minimum atomic E-state index is -4.47. The first-order valence-electron chi connectivity index (χ1n) is 6.54. The molecule has 0 amide bonds. The Morgan fingerprint density at radius 2 is 1.88 bits per heavy atom. The summed E-state index contributed by atoms with van der Waals surface area (Å²) in [4.78, 5) is 3.96. The number of rotatable bonds is 2. The van der Waals surface area contributed by atoms with Crippen LogP contribution in [0.4, 0.5) is 13.2 Å². The summed E-state index contributed by atoms with van der Waals surface area (Å²) >= 11 is 6.05. The van der Waals surface area contributed by atoms with Gasteiger partial charge in [0.2, 0.25) is 0 Å². The quantitative estimate of drug-likeness (QED) is 0.756. The van der Waals surface area contributed by atoms with Crippen LogP contribution in [0.25, 0.3) is 22.5 Å². The Bertz CT molecular complexity index is 943. The zero-order chi connectivity index (χ0) is 17.3. The molecule has 0 unspecified atom stereocenters. The maximum Gasteiger partial charge on any atom is 0.416 e. The summed E-state index contributed by atoms with van der Waals surface area (Å²) in [6.45, 7) is 0. The van der Waals surface area contributed by atoms with Gasteiger partial charge in [-0.3, -0.25) is 4.98 Å². The summed E-state index contributed by atoms with van der Waals surface area (Å²) in [6.07, 6.45) is -3.39. The summed E-state index contributed by atoms with van der Waals surface area (Å²) in [7, 11) is 0. The average Bonchev–Trinajstić information content (AvgIpc) is 3.02. The van der Waals surface area contributed by atoms with Crippen LogP contribution in [0.3, 0.4) is 0 Å². The van der Waals surface area contributed by atoms with E-state index in [2.05, 4.69) is 20.4 Å². The summed E-state index contributed by atoms with van der Waals surface area (Å²) < 4.78 is 38.6. The molecule has 5 nitrogen and oxygen atoms in total. The van der Waals surface area contributed by atoms with Gasteiger partial charge in [-0.15, -0.1) is 5.10 Å². The number of aromatic nitrogens is 4. The number of pyridine rings is 1. The van der Waals surface area contributed by atoms with Gasteiger partial charge >= 0.3 is 6.18 Å². The molecule has 2 heterocycles. The molecule has 0 saturated heterocycles. The first kappa shape index (κ1) is 16.0. The Labute approximate surface area is 138 Å². The Hall–Kier alpha value is -2.92. The highest BCUT2D eigenvalue weighted by molar-refractivity contribution is 6.31. The van der Waals surface area contributed by atoms with Crippen LogP contribution in [-0.4, -0.2) is 20.4 Å². The van der Waals surface area contributed by atoms with Crippen molar-refractivity contribution in [2.75, 3.05) is 0 Å². The number of nitrogens with zero attached hydrogens (tertiary/aromatic N) is 4. The number of halogens is 4. The zero-order valence-electron chi connectivity index (χ0n) is 11.8. The fourth-order valence-electron chi connectivity index (χ4n) is 2.15. The molecule has 3 rings (SSSR count). The van der Waals surface area contributed by atoms with Crippen molar-refractivity contribution in [2.45, 2.75) is 6.18 Å². The third kappa shape index (κ3) is 3.07. The number of aromatic amines is 1. The lowest BCUT2D eigenvalue weighted by Gasteiger charge is -2.09. The molecule has 0 aliphatic rings. The van der Waals surface area contributed by atoms with Crippen LogP contribution in [0.2, 0.25) is 5.02 Å². The van der Waals surface area contributed by atoms with Crippen LogP contribution in [0, 0.1) is 11.3 Å². The minimum Gasteiger partial charge on any atom is -0.256 e. The lowest BCUT2D eigenvalue weighted by atomic mass is 10.0. The van der Waals surface area contributed by atoms with E-state index in [1.54, 1.807) is 6.07 Å². The summed E-state index contributed by atoms with van der Waals surface area (Å²) in [5.41, 5.74) is 0.495. The summed E-state index contributed by atoms with van der Waals surface area (Å²) in [5, 5.41) is 19.1. The van der Waals surface area contributed by atoms with E-state index in [0.717, 1.165) is 18.3 Å². The topological polar surface area (TPSA) is 78.2 Å². The fraction of sp³-hybridized carbons (Fsp3) is 0.0667. The second kappa shape index (κ2) is 5.94. The largest absolute Gasteiger partial charge is 0.416 e. The van der Waals surface area contributed by atoms with E-state index in [9.17, 15) is 13.2 Å². The normalized spacial score (nSPS) is 11.3. The van der Waals surface area contributed by atoms with Crippen molar-refractivity contribution in [2.24, 2.45) is 0 Å². The number of benzene rings is 1. The minimum absolute atomic E-state index is 0.107. The zero-order valence-corrected chi connectivity index (χ0v) is 12.5. The SMILES string of the molecule is N#Cc1[nH]nnc1-c1cc(Cl)cc(-c2cc(C(F)(F)F)ccn2)c1. The van der Waals surface area contributed by atoms with E-state index in [-0.39, 0.29) is 22.1 Å². The Morgan fingerprint density at radius 1 is 1.12 bits per heavy atom. The fourth-order valence-corrected chi connectivity index (χ4v) is 2.38. The van der Waals surface area contributed by atoms with Crippen molar-refractivity contribution >= 4 is 11.6 Å². The van der Waals surface area contributed by atoms with E-state index in [1.165, 1.54) is 12.1 Å². The molecule has 0 bridgehead atoms. The molecule has 0 radical (unpaired) electrons. The second-order valence-corrected chi connectivity index (χ2v) is 5.24. The molecule has 9 heteroatoms. The first-order valence-corrected chi connectivity index (χ1v) is 6.92. The molecular formula is C15H7ClF3N5. The highest BCUT2D eigenvalue weighted by atomic mass is 35.5. The summed E-state index contributed by atoms with van der Waals surface area (Å²) in [5.74, 6) is 0. The van der Waals surface area contributed by atoms with Gasteiger partial charge in [-0.2, -0.15) is 18.4 Å². The average molecular weight is 350 g/mol. The predicted octanol–water partition coefficient (Wildman–Crippen LogP) is 4.08. The molecule has 24 heavy (non-hydrogen) atoms. The van der Waals surface area contributed by atoms with Gasteiger partial charge in [0.25, 0.3) is 0 Å². The summed E-state index contributed by atoms with van der Waals surface area (Å²) in [6, 6.07) is 8.29. The Morgan fingerprint density at radius 3 is 2.58 bits per heavy atom. The van der Waals surface area contributed by atoms with Crippen molar-refractivity contribution in [3.05, 3.63) is 52.8 Å². The van der Waals surface area contributed by atoms with E-state index in [4.69, 9.17) is 16.9 Å². The van der Waals surface area contributed by atoms with Crippen LogP contribution in [0.5, 0.6) is 0 Å². The number of nitriles is 1. The van der Waals surface area contributed by atoms with Crippen molar-refractivity contribution in [1.29, 1.82) is 5.26 Å². The third-order valence-electron chi connectivity index (χ3n) is 3.21. The van der Waals surface area contributed by atoms with Crippen molar-refractivity contribution in [1.82, 2.24) is 20.4 Å². The monoisotopic (exact) mass is 349 g/mol. The third-order valence-corrected chi connectivity index (χ3v) is 3.43. The van der Waals surface area contributed by atoms with Gasteiger partial charge in [-0.1, -0.05) is 16.8 Å². The van der Waals surface area contributed by atoms with Crippen molar-refractivity contribution in [3.63, 3.8) is 0 Å². The number of alkyl halides is 3. The number of nitrogens with one attached hydrogen (secondary N) is 1. The Balaban J connectivity index is 2.12. The van der Waals surface area contributed by atoms with E-state index >= 15 is 0 Å². The van der Waals surface area contributed by atoms with Gasteiger partial charge in [0.1, 0.15) is 11.8 Å².